The van der Waals surface area contributed by atoms with Crippen molar-refractivity contribution in [2.45, 2.75) is 40.2 Å². The van der Waals surface area contributed by atoms with Gasteiger partial charge >= 0.3 is 11.9 Å². The number of hydrogen-bond acceptors (Lipinski definition) is 6. The molecular weight excluding hydrogens is 240 g/mol. The van der Waals surface area contributed by atoms with E-state index in [1.165, 1.54) is 6.92 Å². The van der Waals surface area contributed by atoms with E-state index < -0.39 is 12.1 Å². The van der Waals surface area contributed by atoms with Crippen molar-refractivity contribution in [3.63, 3.8) is 0 Å². The molecule has 1 atom stereocenters. The number of aliphatic hydroxyl groups excluding tert-OH is 1. The average Bonchev–Trinajstić information content (AvgIpc) is 2.31. The van der Waals surface area contributed by atoms with Crippen LogP contribution in [0.15, 0.2) is 0 Å². The van der Waals surface area contributed by atoms with Crippen molar-refractivity contribution >= 4 is 11.9 Å². The summed E-state index contributed by atoms with van der Waals surface area (Å²) in [6.07, 6.45) is -0.628. The quantitative estimate of drug-likeness (QED) is 0.543. The van der Waals surface area contributed by atoms with E-state index in [2.05, 4.69) is 9.47 Å². The fourth-order valence-electron chi connectivity index (χ4n) is 0.796. The van der Waals surface area contributed by atoms with Crippen LogP contribution in [0, 0.1) is 0 Å². The minimum atomic E-state index is -0.991. The van der Waals surface area contributed by atoms with Gasteiger partial charge in [0.2, 0.25) is 0 Å². The second-order valence-electron chi connectivity index (χ2n) is 3.18. The van der Waals surface area contributed by atoms with Gasteiger partial charge in [0.25, 0.3) is 0 Å². The van der Waals surface area contributed by atoms with Crippen molar-refractivity contribution in [2.75, 3.05) is 26.4 Å². The molecule has 0 bridgehead atoms. The number of esters is 2. The van der Waals surface area contributed by atoms with Gasteiger partial charge in [-0.2, -0.15) is 0 Å². The van der Waals surface area contributed by atoms with E-state index in [4.69, 9.17) is 9.84 Å². The molecule has 1 N–H and O–H groups in total. The maximum Gasteiger partial charge on any atom is 0.334 e. The molecular formula is C12H24O6. The summed E-state index contributed by atoms with van der Waals surface area (Å²) in [5, 5.41) is 8.48. The minimum absolute atomic E-state index is 0.184. The largest absolute Gasteiger partial charge is 0.466 e. The molecule has 0 radical (unpaired) electrons. The van der Waals surface area contributed by atoms with Gasteiger partial charge in [0.15, 0.2) is 0 Å². The highest BCUT2D eigenvalue weighted by atomic mass is 16.5. The Balaban J connectivity index is 0. The molecule has 0 fully saturated rings. The highest BCUT2D eigenvalue weighted by Gasteiger charge is 2.07. The maximum absolute atomic E-state index is 10.6. The number of hydrogen-bond donors (Lipinski definition) is 1. The molecule has 0 rings (SSSR count). The third-order valence-corrected chi connectivity index (χ3v) is 1.59. The van der Waals surface area contributed by atoms with E-state index in [1.807, 2.05) is 6.92 Å². The van der Waals surface area contributed by atoms with Crippen LogP contribution in [0.1, 0.15) is 34.1 Å². The molecule has 0 aliphatic heterocycles. The number of carbonyl (C=O) groups excluding carboxylic acids is 2. The first-order valence-corrected chi connectivity index (χ1v) is 6.07. The molecule has 18 heavy (non-hydrogen) atoms. The molecule has 0 saturated carbocycles. The number of carbonyl (C=O) groups is 2. The van der Waals surface area contributed by atoms with Crippen molar-refractivity contribution in [3.8, 4) is 0 Å². The first kappa shape index (κ1) is 19.2. The van der Waals surface area contributed by atoms with Crippen LogP contribution in [0.2, 0.25) is 0 Å². The standard InChI is InChI=1S/C7H14O3.C5H10O3/c1-3-9-6-5-7(8)10-4-2;1-3-8-5(7)4(2)6/h3-6H2,1-2H3;4,6H,3H2,1-2H3. The summed E-state index contributed by atoms with van der Waals surface area (Å²) in [5.74, 6) is -0.747. The van der Waals surface area contributed by atoms with Gasteiger partial charge in [-0.25, -0.2) is 4.79 Å². The van der Waals surface area contributed by atoms with E-state index in [0.29, 0.717) is 32.8 Å². The Morgan fingerprint density at radius 3 is 1.94 bits per heavy atom. The highest BCUT2D eigenvalue weighted by Crippen LogP contribution is 1.87. The summed E-state index contributed by atoms with van der Waals surface area (Å²) in [6.45, 7) is 8.64. The molecule has 108 valence electrons. The summed E-state index contributed by atoms with van der Waals surface area (Å²) in [5.41, 5.74) is 0. The summed E-state index contributed by atoms with van der Waals surface area (Å²) >= 11 is 0. The lowest BCUT2D eigenvalue weighted by molar-refractivity contribution is -0.152. The van der Waals surface area contributed by atoms with Gasteiger partial charge in [0.05, 0.1) is 26.2 Å². The van der Waals surface area contributed by atoms with E-state index >= 15 is 0 Å². The molecule has 1 unspecified atom stereocenters. The Labute approximate surface area is 108 Å². The molecule has 0 heterocycles. The topological polar surface area (TPSA) is 82.1 Å². The SMILES string of the molecule is CCOC(=O)C(C)O.CCOCCC(=O)OCC. The van der Waals surface area contributed by atoms with Crippen LogP contribution in [0.5, 0.6) is 0 Å². The van der Waals surface area contributed by atoms with Crippen LogP contribution >= 0.6 is 0 Å². The van der Waals surface area contributed by atoms with Crippen molar-refractivity contribution in [1.82, 2.24) is 0 Å². The predicted molar refractivity (Wildman–Crippen MR) is 66.1 cm³/mol. The Morgan fingerprint density at radius 1 is 1.06 bits per heavy atom. The van der Waals surface area contributed by atoms with Crippen molar-refractivity contribution in [2.24, 2.45) is 0 Å². The Morgan fingerprint density at radius 2 is 1.61 bits per heavy atom. The molecule has 6 nitrogen and oxygen atoms in total. The first-order chi connectivity index (χ1) is 8.49. The van der Waals surface area contributed by atoms with Gasteiger partial charge in [-0.3, -0.25) is 4.79 Å². The smallest absolute Gasteiger partial charge is 0.334 e. The summed E-state index contributed by atoms with van der Waals surface area (Å²) in [4.78, 5) is 20.9. The molecule has 0 amide bonds. The van der Waals surface area contributed by atoms with Crippen LogP contribution in [0.3, 0.4) is 0 Å². The zero-order valence-corrected chi connectivity index (χ0v) is 11.6. The predicted octanol–water partition coefficient (Wildman–Crippen LogP) is 0.906. The van der Waals surface area contributed by atoms with E-state index in [-0.39, 0.29) is 5.97 Å². The van der Waals surface area contributed by atoms with Crippen LogP contribution in [0.25, 0.3) is 0 Å². The normalized spacial score (nSPS) is 10.9. The molecule has 6 heteroatoms. The maximum atomic E-state index is 10.6. The van der Waals surface area contributed by atoms with Crippen LogP contribution in [-0.2, 0) is 23.8 Å². The summed E-state index contributed by atoms with van der Waals surface area (Å²) in [6, 6.07) is 0. The van der Waals surface area contributed by atoms with Gasteiger partial charge in [-0.1, -0.05) is 0 Å². The molecule has 0 aromatic heterocycles. The zero-order chi connectivity index (χ0) is 14.4. The van der Waals surface area contributed by atoms with Gasteiger partial charge in [0.1, 0.15) is 6.10 Å². The number of ether oxygens (including phenoxy) is 3. The Bertz CT molecular complexity index is 215. The summed E-state index contributed by atoms with van der Waals surface area (Å²) < 4.78 is 14.0. The van der Waals surface area contributed by atoms with Gasteiger partial charge in [0, 0.05) is 6.61 Å². The minimum Gasteiger partial charge on any atom is -0.466 e. The zero-order valence-electron chi connectivity index (χ0n) is 11.6. The lowest BCUT2D eigenvalue weighted by atomic mass is 10.4. The molecule has 0 aromatic rings. The van der Waals surface area contributed by atoms with Crippen molar-refractivity contribution < 1.29 is 28.9 Å². The van der Waals surface area contributed by atoms with Gasteiger partial charge < -0.3 is 19.3 Å². The van der Waals surface area contributed by atoms with E-state index in [0.717, 1.165) is 0 Å². The molecule has 0 aliphatic rings. The number of aliphatic hydroxyl groups is 1. The van der Waals surface area contributed by atoms with Crippen LogP contribution in [-0.4, -0.2) is 49.6 Å². The Hall–Kier alpha value is -1.14. The van der Waals surface area contributed by atoms with Crippen LogP contribution in [0.4, 0.5) is 0 Å². The monoisotopic (exact) mass is 264 g/mol. The second kappa shape index (κ2) is 13.9. The van der Waals surface area contributed by atoms with Gasteiger partial charge in [-0.15, -0.1) is 0 Å². The molecule has 0 aliphatic carbocycles. The second-order valence-corrected chi connectivity index (χ2v) is 3.18. The molecule has 0 spiro atoms. The Kier molecular flexibility index (Phi) is 14.9. The fraction of sp³-hybridized carbons (Fsp3) is 0.833. The lowest BCUT2D eigenvalue weighted by Gasteiger charge is -2.01. The number of rotatable bonds is 7. The third-order valence-electron chi connectivity index (χ3n) is 1.59. The van der Waals surface area contributed by atoms with Crippen molar-refractivity contribution in [1.29, 1.82) is 0 Å². The summed E-state index contributed by atoms with van der Waals surface area (Å²) in [7, 11) is 0. The lowest BCUT2D eigenvalue weighted by Crippen LogP contribution is -2.18. The van der Waals surface area contributed by atoms with E-state index in [9.17, 15) is 9.59 Å². The van der Waals surface area contributed by atoms with Gasteiger partial charge in [-0.05, 0) is 27.7 Å². The highest BCUT2D eigenvalue weighted by molar-refractivity contribution is 5.73. The third kappa shape index (κ3) is 14.9. The fourth-order valence-corrected chi connectivity index (χ4v) is 0.796. The van der Waals surface area contributed by atoms with Crippen LogP contribution < -0.4 is 0 Å². The average molecular weight is 264 g/mol. The molecule has 0 aromatic carbocycles. The first-order valence-electron chi connectivity index (χ1n) is 6.07. The van der Waals surface area contributed by atoms with Crippen molar-refractivity contribution in [3.05, 3.63) is 0 Å². The molecule has 0 saturated heterocycles. The van der Waals surface area contributed by atoms with E-state index in [1.54, 1.807) is 13.8 Å².